The monoisotopic (exact) mass is 340 g/mol. The Morgan fingerprint density at radius 2 is 1.57 bits per heavy atom. The van der Waals surface area contributed by atoms with Crippen LogP contribution in [0.2, 0.25) is 0 Å². The highest BCUT2D eigenvalue weighted by molar-refractivity contribution is 7.24. The van der Waals surface area contributed by atoms with Gasteiger partial charge in [0.25, 0.3) is 0 Å². The van der Waals surface area contributed by atoms with Gasteiger partial charge >= 0.3 is 0 Å². The first-order chi connectivity index (χ1) is 11.2. The zero-order valence-corrected chi connectivity index (χ0v) is 14.6. The van der Waals surface area contributed by atoms with Gasteiger partial charge in [0.05, 0.1) is 4.88 Å². The molecule has 0 aliphatic rings. The Labute approximate surface area is 143 Å². The van der Waals surface area contributed by atoms with Crippen LogP contribution in [0.3, 0.4) is 0 Å². The van der Waals surface area contributed by atoms with Gasteiger partial charge < -0.3 is 0 Å². The molecule has 0 aliphatic carbocycles. The number of thiophene rings is 2. The third-order valence-corrected chi connectivity index (χ3v) is 6.30. The minimum absolute atomic E-state index is 0.746. The van der Waals surface area contributed by atoms with Crippen LogP contribution in [0, 0.1) is 6.92 Å². The Hall–Kier alpha value is -2.04. The first-order valence-corrected chi connectivity index (χ1v) is 9.04. The number of rotatable bonds is 5. The van der Waals surface area contributed by atoms with E-state index in [2.05, 4.69) is 19.1 Å². The van der Waals surface area contributed by atoms with Crippen molar-refractivity contribution in [2.24, 2.45) is 0 Å². The third-order valence-electron chi connectivity index (χ3n) is 3.98. The number of benzene rings is 1. The molecule has 0 saturated carbocycles. The maximum absolute atomic E-state index is 11.1. The molecule has 0 saturated heterocycles. The van der Waals surface area contributed by atoms with Crippen LogP contribution in [-0.2, 0) is 6.42 Å². The summed E-state index contributed by atoms with van der Waals surface area (Å²) in [6.07, 6.45) is 2.70. The molecule has 0 amide bonds. The lowest BCUT2D eigenvalue weighted by Gasteiger charge is -2.11. The molecule has 0 bridgehead atoms. The van der Waals surface area contributed by atoms with Gasteiger partial charge in [0.2, 0.25) is 0 Å². The largest absolute Gasteiger partial charge is 0.298 e. The standard InChI is InChI=1S/C19H16O2S2/c1-3-15-12(2)13(10-20)4-6-16(15)17-8-9-19(23-17)18-7-5-14(11-21)22-18/h4-11H,3H2,1-2H3. The zero-order chi connectivity index (χ0) is 16.4. The molecule has 4 heteroatoms. The average molecular weight is 340 g/mol. The van der Waals surface area contributed by atoms with E-state index in [0.717, 1.165) is 44.8 Å². The number of hydrogen-bond donors (Lipinski definition) is 0. The third kappa shape index (κ3) is 2.92. The van der Waals surface area contributed by atoms with E-state index < -0.39 is 0 Å². The highest BCUT2D eigenvalue weighted by atomic mass is 32.1. The molecule has 23 heavy (non-hydrogen) atoms. The van der Waals surface area contributed by atoms with Crippen molar-refractivity contribution in [2.75, 3.05) is 0 Å². The minimum atomic E-state index is 0.746. The predicted octanol–water partition coefficient (Wildman–Crippen LogP) is 5.64. The van der Waals surface area contributed by atoms with Crippen LogP contribution in [0.5, 0.6) is 0 Å². The molecular weight excluding hydrogens is 324 g/mol. The van der Waals surface area contributed by atoms with E-state index in [0.29, 0.717) is 0 Å². The molecule has 1 aromatic carbocycles. The van der Waals surface area contributed by atoms with Gasteiger partial charge in [-0.05, 0) is 54.3 Å². The van der Waals surface area contributed by atoms with Gasteiger partial charge in [-0.15, -0.1) is 22.7 Å². The Morgan fingerprint density at radius 3 is 2.22 bits per heavy atom. The number of aldehydes is 2. The van der Waals surface area contributed by atoms with E-state index >= 15 is 0 Å². The molecule has 2 heterocycles. The SMILES string of the molecule is CCc1c(-c2ccc(-c3ccc(C=O)s3)s2)ccc(C=O)c1C. The summed E-state index contributed by atoms with van der Waals surface area (Å²) in [5.41, 5.74) is 4.24. The molecular formula is C19H16O2S2. The maximum atomic E-state index is 11.1. The normalized spacial score (nSPS) is 10.7. The van der Waals surface area contributed by atoms with E-state index in [4.69, 9.17) is 0 Å². The molecule has 0 atom stereocenters. The lowest BCUT2D eigenvalue weighted by atomic mass is 9.95. The highest BCUT2D eigenvalue weighted by Gasteiger charge is 2.13. The van der Waals surface area contributed by atoms with E-state index in [9.17, 15) is 9.59 Å². The maximum Gasteiger partial charge on any atom is 0.160 e. The van der Waals surface area contributed by atoms with Crippen LogP contribution in [0.1, 0.15) is 38.1 Å². The van der Waals surface area contributed by atoms with E-state index in [1.165, 1.54) is 27.3 Å². The van der Waals surface area contributed by atoms with E-state index in [1.807, 2.05) is 31.2 Å². The van der Waals surface area contributed by atoms with Crippen LogP contribution in [0.4, 0.5) is 0 Å². The summed E-state index contributed by atoms with van der Waals surface area (Å²) in [5, 5.41) is 0. The topological polar surface area (TPSA) is 34.1 Å². The number of carbonyl (C=O) groups excluding carboxylic acids is 2. The van der Waals surface area contributed by atoms with Crippen molar-refractivity contribution in [2.45, 2.75) is 20.3 Å². The second-order valence-electron chi connectivity index (χ2n) is 5.26. The Kier molecular flexibility index (Phi) is 4.55. The number of carbonyl (C=O) groups is 2. The molecule has 2 aromatic heterocycles. The van der Waals surface area contributed by atoms with Crippen molar-refractivity contribution in [3.8, 4) is 20.2 Å². The molecule has 0 spiro atoms. The van der Waals surface area contributed by atoms with Crippen molar-refractivity contribution in [3.63, 3.8) is 0 Å². The Bertz CT molecular complexity index is 871. The van der Waals surface area contributed by atoms with Gasteiger partial charge in [0.1, 0.15) is 6.29 Å². The second kappa shape index (κ2) is 6.60. The first-order valence-electron chi connectivity index (χ1n) is 7.41. The fraction of sp³-hybridized carbons (Fsp3) is 0.158. The summed E-state index contributed by atoms with van der Waals surface area (Å²) in [4.78, 5) is 26.2. The fourth-order valence-electron chi connectivity index (χ4n) is 2.75. The molecule has 3 rings (SSSR count). The molecule has 0 unspecified atom stereocenters. The molecule has 116 valence electrons. The van der Waals surface area contributed by atoms with E-state index in [-0.39, 0.29) is 0 Å². The Morgan fingerprint density at radius 1 is 0.870 bits per heavy atom. The molecule has 0 radical (unpaired) electrons. The summed E-state index contributed by atoms with van der Waals surface area (Å²) in [6.45, 7) is 4.13. The van der Waals surface area contributed by atoms with E-state index in [1.54, 1.807) is 11.3 Å². The predicted molar refractivity (Wildman–Crippen MR) is 98.0 cm³/mol. The molecule has 3 aromatic rings. The van der Waals surface area contributed by atoms with Crippen LogP contribution in [-0.4, -0.2) is 12.6 Å². The summed E-state index contributed by atoms with van der Waals surface area (Å²) >= 11 is 3.23. The quantitative estimate of drug-likeness (QED) is 0.563. The van der Waals surface area contributed by atoms with Gasteiger partial charge in [-0.2, -0.15) is 0 Å². The van der Waals surface area contributed by atoms with Crippen molar-refractivity contribution < 1.29 is 9.59 Å². The van der Waals surface area contributed by atoms with Crippen LogP contribution < -0.4 is 0 Å². The molecule has 2 nitrogen and oxygen atoms in total. The molecule has 0 N–H and O–H groups in total. The first kappa shape index (κ1) is 15.8. The van der Waals surface area contributed by atoms with Crippen molar-refractivity contribution >= 4 is 35.2 Å². The minimum Gasteiger partial charge on any atom is -0.298 e. The van der Waals surface area contributed by atoms with Gasteiger partial charge in [-0.3, -0.25) is 9.59 Å². The second-order valence-corrected chi connectivity index (χ2v) is 7.46. The van der Waals surface area contributed by atoms with Gasteiger partial charge in [-0.1, -0.05) is 19.1 Å². The van der Waals surface area contributed by atoms with Crippen LogP contribution >= 0.6 is 22.7 Å². The number of hydrogen-bond acceptors (Lipinski definition) is 4. The summed E-state index contributed by atoms with van der Waals surface area (Å²) in [5.74, 6) is 0. The smallest absolute Gasteiger partial charge is 0.160 e. The van der Waals surface area contributed by atoms with Gasteiger partial charge in [0.15, 0.2) is 6.29 Å². The lowest BCUT2D eigenvalue weighted by Crippen LogP contribution is -1.96. The van der Waals surface area contributed by atoms with Crippen LogP contribution in [0.15, 0.2) is 36.4 Å². The van der Waals surface area contributed by atoms with Crippen molar-refractivity contribution in [1.29, 1.82) is 0 Å². The average Bonchev–Trinajstić information content (AvgIpc) is 3.23. The zero-order valence-electron chi connectivity index (χ0n) is 13.0. The summed E-state index contributed by atoms with van der Waals surface area (Å²) in [7, 11) is 0. The molecule has 0 aliphatic heterocycles. The highest BCUT2D eigenvalue weighted by Crippen LogP contribution is 2.39. The van der Waals surface area contributed by atoms with Gasteiger partial charge in [-0.25, -0.2) is 0 Å². The fourth-order valence-corrected chi connectivity index (χ4v) is 4.72. The summed E-state index contributed by atoms with van der Waals surface area (Å²) < 4.78 is 0. The Balaban J connectivity index is 2.05. The van der Waals surface area contributed by atoms with Crippen molar-refractivity contribution in [1.82, 2.24) is 0 Å². The van der Waals surface area contributed by atoms with Gasteiger partial charge in [0, 0.05) is 20.2 Å². The van der Waals surface area contributed by atoms with Crippen molar-refractivity contribution in [3.05, 3.63) is 58.0 Å². The lowest BCUT2D eigenvalue weighted by molar-refractivity contribution is 0.111. The summed E-state index contributed by atoms with van der Waals surface area (Å²) in [6, 6.07) is 12.0. The molecule has 0 fully saturated rings. The van der Waals surface area contributed by atoms with Crippen LogP contribution in [0.25, 0.3) is 20.2 Å².